The summed E-state index contributed by atoms with van der Waals surface area (Å²) in [6, 6.07) is -0.0260. The van der Waals surface area contributed by atoms with Crippen LogP contribution in [0.25, 0.3) is 0 Å². The van der Waals surface area contributed by atoms with Gasteiger partial charge in [-0.05, 0) is 25.2 Å². The van der Waals surface area contributed by atoms with Crippen LogP contribution in [0.15, 0.2) is 0 Å². The topological polar surface area (TPSA) is 30.5 Å². The average molecular weight is 326 g/mol. The molecule has 15 heavy (non-hydrogen) atoms. The summed E-state index contributed by atoms with van der Waals surface area (Å²) in [5, 5.41) is 2.16. The molecule has 0 aliphatic rings. The molecule has 8 heteroatoms. The fourth-order valence-corrected chi connectivity index (χ4v) is 3.21. The molecule has 2 unspecified atom stereocenters. The maximum Gasteiger partial charge on any atom is 0.371 e. The predicted octanol–water partition coefficient (Wildman–Crippen LogP) is 3.25. The quantitative estimate of drug-likeness (QED) is 0.575. The largest absolute Gasteiger partial charge is 0.371 e. The summed E-state index contributed by atoms with van der Waals surface area (Å²) in [6.45, 7) is 0.634. The molecule has 0 aromatic carbocycles. The highest BCUT2D eigenvalue weighted by Crippen LogP contribution is 2.49. The zero-order valence-corrected chi connectivity index (χ0v) is 12.1. The molecule has 0 aliphatic heterocycles. The van der Waals surface area contributed by atoms with Crippen molar-refractivity contribution in [3.63, 3.8) is 0 Å². The van der Waals surface area contributed by atoms with E-state index in [0.717, 1.165) is 6.42 Å². The van der Waals surface area contributed by atoms with E-state index in [2.05, 4.69) is 25.5 Å². The van der Waals surface area contributed by atoms with E-state index in [0.29, 0.717) is 0 Å². The van der Waals surface area contributed by atoms with Gasteiger partial charge in [0, 0.05) is 13.2 Å². The van der Waals surface area contributed by atoms with Crippen LogP contribution in [0, 0.1) is 0 Å². The summed E-state index contributed by atoms with van der Waals surface area (Å²) in [5.41, 5.74) is 0. The molecule has 0 fully saturated rings. The van der Waals surface area contributed by atoms with Gasteiger partial charge in [0.2, 0.25) is 0 Å². The molecule has 3 nitrogen and oxygen atoms in total. The van der Waals surface area contributed by atoms with Gasteiger partial charge in [-0.25, -0.2) is 5.09 Å². The summed E-state index contributed by atoms with van der Waals surface area (Å²) in [7, 11) is 1.26. The van der Waals surface area contributed by atoms with Crippen LogP contribution in [0.1, 0.15) is 20.3 Å². The van der Waals surface area contributed by atoms with Gasteiger partial charge in [-0.1, -0.05) is 22.9 Å². The van der Waals surface area contributed by atoms with Crippen molar-refractivity contribution in [1.29, 1.82) is 0 Å². The first-order valence-electron chi connectivity index (χ1n) is 4.36. The van der Waals surface area contributed by atoms with Gasteiger partial charge in [-0.15, -0.1) is 0 Å². The molecule has 0 heterocycles. The fraction of sp³-hybridized carbons (Fsp3) is 1.00. The Morgan fingerprint density at radius 3 is 2.47 bits per heavy atom. The molecular formula is C7H15BrF2NO2PS. The maximum absolute atomic E-state index is 13.0. The van der Waals surface area contributed by atoms with Crippen molar-refractivity contribution in [3.8, 4) is 0 Å². The highest BCUT2D eigenvalue weighted by molar-refractivity contribution is 9.09. The fourth-order valence-electron chi connectivity index (χ4n) is 0.678. The second-order valence-corrected chi connectivity index (χ2v) is 6.78. The Bertz CT molecular complexity index is 245. The lowest BCUT2D eigenvalue weighted by Gasteiger charge is -2.27. The number of hydrogen-bond donors (Lipinski definition) is 1. The Morgan fingerprint density at radius 1 is 1.60 bits per heavy atom. The molecule has 0 saturated carbocycles. The summed E-state index contributed by atoms with van der Waals surface area (Å²) >= 11 is 7.56. The van der Waals surface area contributed by atoms with Gasteiger partial charge in [-0.2, -0.15) is 8.78 Å². The Hall–Kier alpha value is 0.870. The highest BCUT2D eigenvalue weighted by Gasteiger charge is 2.37. The van der Waals surface area contributed by atoms with Crippen LogP contribution in [0.5, 0.6) is 0 Å². The molecule has 0 saturated heterocycles. The minimum Gasteiger partial charge on any atom is -0.321 e. The van der Waals surface area contributed by atoms with Gasteiger partial charge < -0.3 is 4.52 Å². The van der Waals surface area contributed by atoms with Crippen molar-refractivity contribution in [3.05, 3.63) is 0 Å². The van der Waals surface area contributed by atoms with Crippen LogP contribution in [-0.2, 0) is 20.9 Å². The zero-order chi connectivity index (χ0) is 12.1. The van der Waals surface area contributed by atoms with E-state index >= 15 is 0 Å². The van der Waals surface area contributed by atoms with Crippen molar-refractivity contribution in [2.45, 2.75) is 32.4 Å². The van der Waals surface area contributed by atoms with Gasteiger partial charge >= 0.3 is 6.11 Å². The van der Waals surface area contributed by atoms with E-state index in [1.165, 1.54) is 7.11 Å². The Balaban J connectivity index is 4.51. The highest BCUT2D eigenvalue weighted by atomic mass is 79.9. The number of alkyl halides is 3. The first-order valence-corrected chi connectivity index (χ1v) is 8.12. The minimum atomic E-state index is -3.31. The standard InChI is InChI=1S/C7H15BrF2NO2PS/c1-4-6(2)11-14(15,12-3)13-7(9,10)5-8/h6H,4-5H2,1-3H3,(H,11,15). The van der Waals surface area contributed by atoms with Crippen molar-refractivity contribution in [2.75, 3.05) is 12.4 Å². The van der Waals surface area contributed by atoms with Gasteiger partial charge in [0.25, 0.3) is 6.64 Å². The van der Waals surface area contributed by atoms with Crippen LogP contribution in [0.4, 0.5) is 8.78 Å². The molecule has 2 atom stereocenters. The SMILES string of the molecule is CCC(C)NP(=S)(OC)OC(F)(F)CBr. The zero-order valence-electron chi connectivity index (χ0n) is 8.80. The molecule has 92 valence electrons. The van der Waals surface area contributed by atoms with Crippen LogP contribution >= 0.6 is 22.6 Å². The van der Waals surface area contributed by atoms with Crippen LogP contribution < -0.4 is 5.09 Å². The van der Waals surface area contributed by atoms with Gasteiger partial charge in [0.05, 0.1) is 5.33 Å². The van der Waals surface area contributed by atoms with E-state index in [1.54, 1.807) is 0 Å². The van der Waals surface area contributed by atoms with Crippen molar-refractivity contribution in [2.24, 2.45) is 0 Å². The number of rotatable bonds is 7. The molecule has 0 bridgehead atoms. The van der Waals surface area contributed by atoms with Crippen LogP contribution in [0.2, 0.25) is 0 Å². The van der Waals surface area contributed by atoms with Gasteiger partial charge in [-0.3, -0.25) is 4.52 Å². The summed E-state index contributed by atoms with van der Waals surface area (Å²) < 4.78 is 35.3. The molecule has 0 aliphatic carbocycles. The Kier molecular flexibility index (Phi) is 6.95. The van der Waals surface area contributed by atoms with Crippen molar-refractivity contribution >= 4 is 34.4 Å². The maximum atomic E-state index is 13.0. The third kappa shape index (κ3) is 6.24. The van der Waals surface area contributed by atoms with Crippen molar-refractivity contribution in [1.82, 2.24) is 5.09 Å². The molecule has 0 aromatic heterocycles. The van der Waals surface area contributed by atoms with Crippen LogP contribution in [-0.4, -0.2) is 24.6 Å². The van der Waals surface area contributed by atoms with Gasteiger partial charge in [0.15, 0.2) is 0 Å². The van der Waals surface area contributed by atoms with E-state index in [4.69, 9.17) is 16.3 Å². The number of halogens is 3. The summed E-state index contributed by atoms with van der Waals surface area (Å²) in [6.07, 6.45) is -2.56. The number of nitrogens with one attached hydrogen (secondary N) is 1. The minimum absolute atomic E-state index is 0.0260. The molecule has 0 rings (SSSR count). The molecule has 0 radical (unpaired) electrons. The second kappa shape index (κ2) is 6.57. The first-order chi connectivity index (χ1) is 6.78. The number of hydrogen-bond acceptors (Lipinski definition) is 3. The predicted molar refractivity (Wildman–Crippen MR) is 64.0 cm³/mol. The summed E-state index contributed by atoms with van der Waals surface area (Å²) in [5.74, 6) is 0. The van der Waals surface area contributed by atoms with Crippen LogP contribution in [0.3, 0.4) is 0 Å². The smallest absolute Gasteiger partial charge is 0.321 e. The Labute approximate surface area is 102 Å². The molecule has 0 aromatic rings. The lowest BCUT2D eigenvalue weighted by molar-refractivity contribution is -0.154. The lowest BCUT2D eigenvalue weighted by Crippen LogP contribution is -2.30. The molecular weight excluding hydrogens is 311 g/mol. The third-order valence-electron chi connectivity index (χ3n) is 1.64. The van der Waals surface area contributed by atoms with E-state index in [1.807, 2.05) is 13.8 Å². The summed E-state index contributed by atoms with van der Waals surface area (Å²) in [4.78, 5) is 0. The molecule has 0 spiro atoms. The van der Waals surface area contributed by atoms with Crippen molar-refractivity contribution < 1.29 is 17.8 Å². The molecule has 0 amide bonds. The lowest BCUT2D eigenvalue weighted by atomic mass is 10.3. The van der Waals surface area contributed by atoms with Gasteiger partial charge in [0.1, 0.15) is 0 Å². The average Bonchev–Trinajstić information content (AvgIpc) is 2.17. The van der Waals surface area contributed by atoms with E-state index in [9.17, 15) is 8.78 Å². The monoisotopic (exact) mass is 325 g/mol. The second-order valence-electron chi connectivity index (χ2n) is 2.98. The first kappa shape index (κ1) is 15.9. The van der Waals surface area contributed by atoms with E-state index in [-0.39, 0.29) is 6.04 Å². The normalized spacial score (nSPS) is 18.5. The third-order valence-corrected chi connectivity index (χ3v) is 5.03. The van der Waals surface area contributed by atoms with E-state index < -0.39 is 18.1 Å². The molecule has 1 N–H and O–H groups in total. The Morgan fingerprint density at radius 2 is 2.13 bits per heavy atom.